The molecule has 4 N–H and O–H groups in total. The quantitative estimate of drug-likeness (QED) is 0.162. The number of ether oxygens (including phenoxy) is 1. The molecular formula is C29H37N7O5S3. The van der Waals surface area contributed by atoms with E-state index in [-0.39, 0.29) is 16.5 Å². The van der Waals surface area contributed by atoms with Gasteiger partial charge in [-0.2, -0.15) is 4.98 Å². The van der Waals surface area contributed by atoms with Gasteiger partial charge in [0.25, 0.3) is 0 Å². The van der Waals surface area contributed by atoms with Gasteiger partial charge < -0.3 is 25.6 Å². The van der Waals surface area contributed by atoms with Crippen molar-refractivity contribution >= 4 is 54.5 Å². The van der Waals surface area contributed by atoms with Gasteiger partial charge >= 0.3 is 0 Å². The monoisotopic (exact) mass is 659 g/mol. The Morgan fingerprint density at radius 2 is 1.84 bits per heavy atom. The predicted octanol–water partition coefficient (Wildman–Crippen LogP) is 3.85. The molecule has 2 fully saturated rings. The van der Waals surface area contributed by atoms with Crippen molar-refractivity contribution in [2.75, 3.05) is 36.1 Å². The average Bonchev–Trinajstić information content (AvgIpc) is 3.57. The zero-order valence-electron chi connectivity index (χ0n) is 25.1. The molecule has 2 aliphatic carbocycles. The van der Waals surface area contributed by atoms with Gasteiger partial charge in [-0.3, -0.25) is 4.98 Å². The molecule has 1 unspecified atom stereocenters. The Morgan fingerprint density at radius 1 is 1.05 bits per heavy atom. The van der Waals surface area contributed by atoms with Gasteiger partial charge in [0.2, 0.25) is 20.1 Å². The Balaban J connectivity index is 1.31. The van der Waals surface area contributed by atoms with Crippen LogP contribution in [0, 0.1) is 26.7 Å². The van der Waals surface area contributed by atoms with E-state index in [4.69, 9.17) is 19.7 Å². The smallest absolute Gasteiger partial charge is 0.224 e. The number of sulfone groups is 1. The van der Waals surface area contributed by atoms with Gasteiger partial charge in [0.15, 0.2) is 0 Å². The number of nitrogens with zero attached hydrogens (tertiary/aromatic N) is 5. The third-order valence-electron chi connectivity index (χ3n) is 8.17. The number of aryl methyl sites for hydroxylation is 3. The summed E-state index contributed by atoms with van der Waals surface area (Å²) in [6, 6.07) is 1.30. The molecule has 2 saturated carbocycles. The maximum Gasteiger partial charge on any atom is 0.224 e. The normalized spacial score (nSPS) is 22.1. The summed E-state index contributed by atoms with van der Waals surface area (Å²) < 4.78 is 32.9. The highest BCUT2D eigenvalue weighted by Crippen LogP contribution is 2.44. The summed E-state index contributed by atoms with van der Waals surface area (Å²) in [5.41, 5.74) is 3.94. The number of fused-ring (bicyclic) bond motifs is 1. The van der Waals surface area contributed by atoms with E-state index in [0.717, 1.165) is 50.0 Å². The molecular weight excluding hydrogens is 623 g/mol. The number of aromatic nitrogens is 5. The van der Waals surface area contributed by atoms with Gasteiger partial charge in [-0.15, -0.1) is 22.7 Å². The lowest BCUT2D eigenvalue weighted by Gasteiger charge is -2.21. The number of hydrogen-bond acceptors (Lipinski definition) is 14. The number of anilines is 2. The van der Waals surface area contributed by atoms with Crippen LogP contribution >= 0.6 is 22.7 Å². The van der Waals surface area contributed by atoms with Crippen molar-refractivity contribution in [2.45, 2.75) is 75.5 Å². The molecule has 12 nitrogen and oxygen atoms in total. The van der Waals surface area contributed by atoms with Crippen LogP contribution in [0.1, 0.15) is 54.1 Å². The van der Waals surface area contributed by atoms with Crippen LogP contribution in [-0.4, -0.2) is 87.3 Å². The molecule has 15 heteroatoms. The summed E-state index contributed by atoms with van der Waals surface area (Å²) in [5, 5.41) is 29.3. The van der Waals surface area contributed by atoms with Crippen LogP contribution in [0.5, 0.6) is 0 Å². The number of pyridine rings is 1. The van der Waals surface area contributed by atoms with E-state index in [1.165, 1.54) is 11.3 Å². The first kappa shape index (κ1) is 31.2. The van der Waals surface area contributed by atoms with E-state index in [9.17, 15) is 18.6 Å². The van der Waals surface area contributed by atoms with Crippen molar-refractivity contribution in [1.82, 2.24) is 24.9 Å². The van der Waals surface area contributed by atoms with E-state index in [1.54, 1.807) is 6.92 Å². The first-order valence-electron chi connectivity index (χ1n) is 14.8. The molecule has 0 aromatic carbocycles. The summed E-state index contributed by atoms with van der Waals surface area (Å²) in [6.07, 6.45) is 1.80. The van der Waals surface area contributed by atoms with E-state index < -0.39 is 34.0 Å². The second kappa shape index (κ2) is 12.5. The molecule has 4 aromatic rings. The average molecular weight is 660 g/mol. The van der Waals surface area contributed by atoms with Gasteiger partial charge in [-0.05, 0) is 53.0 Å². The summed E-state index contributed by atoms with van der Waals surface area (Å²) in [5.74, 6) is 0.256. The second-order valence-corrected chi connectivity index (χ2v) is 15.9. The Labute approximate surface area is 264 Å². The van der Waals surface area contributed by atoms with Gasteiger partial charge in [0.05, 0.1) is 51.9 Å². The molecule has 0 amide bonds. The number of nitrogens with one attached hydrogen (secondary N) is 2. The molecule has 4 heterocycles. The largest absolute Gasteiger partial charge is 0.390 e. The first-order chi connectivity index (χ1) is 21.1. The minimum atomic E-state index is -3.75. The standard InChI is InChI=1S/C29H37N7O5S3/c1-5-41-11-10-31-28-32-15(3)21(27-35-23-20(43-27)8-9-30-22(23)17-6-7-17)26(36-28)34-19-12-18(24(37)25(19)38)13-44(39,40)29-33-14(2)16(4)42-29/h8-9,17-19,24-25,37-38H,5-7,10-13H2,1-4H3,(H2,31,32,34,36)/t18-,19?,24-,25+/m1/s1. The van der Waals surface area contributed by atoms with Crippen molar-refractivity contribution in [2.24, 2.45) is 5.92 Å². The Bertz CT molecular complexity index is 1750. The van der Waals surface area contributed by atoms with E-state index in [2.05, 4.69) is 20.6 Å². The number of thiazole rings is 2. The molecule has 0 bridgehead atoms. The summed E-state index contributed by atoms with van der Waals surface area (Å²) in [6.45, 7) is 9.01. The van der Waals surface area contributed by atoms with Crippen molar-refractivity contribution in [1.29, 1.82) is 0 Å². The molecule has 44 heavy (non-hydrogen) atoms. The Morgan fingerprint density at radius 3 is 2.55 bits per heavy atom. The number of hydrogen-bond donors (Lipinski definition) is 4. The fraction of sp³-hybridized carbons (Fsp3) is 0.552. The van der Waals surface area contributed by atoms with Crippen LogP contribution < -0.4 is 10.6 Å². The first-order valence-corrected chi connectivity index (χ1v) is 18.1. The number of rotatable bonds is 12. The second-order valence-electron chi connectivity index (χ2n) is 11.4. The van der Waals surface area contributed by atoms with Gasteiger partial charge in [0, 0.05) is 36.1 Å². The highest BCUT2D eigenvalue weighted by Gasteiger charge is 2.44. The predicted molar refractivity (Wildman–Crippen MR) is 171 cm³/mol. The maximum atomic E-state index is 13.2. The number of aliphatic hydroxyl groups is 2. The van der Waals surface area contributed by atoms with Crippen LogP contribution in [0.2, 0.25) is 0 Å². The highest BCUT2D eigenvalue weighted by atomic mass is 32.2. The molecule has 0 spiro atoms. The lowest BCUT2D eigenvalue weighted by molar-refractivity contribution is 0.0216. The molecule has 4 aromatic heterocycles. The lowest BCUT2D eigenvalue weighted by Crippen LogP contribution is -2.36. The minimum absolute atomic E-state index is 0.0398. The van der Waals surface area contributed by atoms with E-state index in [1.807, 2.05) is 33.0 Å². The molecule has 4 atom stereocenters. The fourth-order valence-corrected chi connectivity index (χ4v) is 9.67. The van der Waals surface area contributed by atoms with Crippen LogP contribution in [0.3, 0.4) is 0 Å². The van der Waals surface area contributed by atoms with Gasteiger partial charge in [-0.1, -0.05) is 0 Å². The SMILES string of the molecule is CCOCCNc1nc(C)c(-c2nc3c(C4CC4)nccc3s2)c(NC2C[C@H](CS(=O)(=O)c3nc(C)c(C)s3)[C@@H](O)[C@H]2O)n1. The topological polar surface area (TPSA) is 172 Å². The van der Waals surface area contributed by atoms with E-state index in [0.29, 0.717) is 54.4 Å². The number of aliphatic hydroxyl groups excluding tert-OH is 2. The molecule has 0 radical (unpaired) electrons. The van der Waals surface area contributed by atoms with Crippen LogP contribution in [0.15, 0.2) is 16.6 Å². The third kappa shape index (κ3) is 6.30. The molecule has 0 aliphatic heterocycles. The van der Waals surface area contributed by atoms with Gasteiger partial charge in [-0.25, -0.2) is 23.4 Å². The van der Waals surface area contributed by atoms with Crippen molar-refractivity contribution in [3.05, 3.63) is 34.2 Å². The van der Waals surface area contributed by atoms with Crippen LogP contribution in [0.25, 0.3) is 20.8 Å². The molecule has 236 valence electrons. The zero-order chi connectivity index (χ0) is 31.2. The van der Waals surface area contributed by atoms with Gasteiger partial charge in [0.1, 0.15) is 22.4 Å². The highest BCUT2D eigenvalue weighted by molar-refractivity contribution is 7.93. The van der Waals surface area contributed by atoms with Crippen LogP contribution in [-0.2, 0) is 14.6 Å². The van der Waals surface area contributed by atoms with Crippen molar-refractivity contribution < 1.29 is 23.4 Å². The molecule has 6 rings (SSSR count). The lowest BCUT2D eigenvalue weighted by atomic mass is 10.1. The van der Waals surface area contributed by atoms with Crippen LogP contribution in [0.4, 0.5) is 11.8 Å². The van der Waals surface area contributed by atoms with E-state index >= 15 is 0 Å². The molecule has 2 aliphatic rings. The third-order valence-corrected chi connectivity index (χ3v) is 12.6. The minimum Gasteiger partial charge on any atom is -0.390 e. The maximum absolute atomic E-state index is 13.2. The van der Waals surface area contributed by atoms with Crippen molar-refractivity contribution in [3.8, 4) is 10.6 Å². The zero-order valence-corrected chi connectivity index (χ0v) is 27.5. The van der Waals surface area contributed by atoms with Crippen molar-refractivity contribution in [3.63, 3.8) is 0 Å². The summed E-state index contributed by atoms with van der Waals surface area (Å²) in [4.78, 5) is 24.1. The summed E-state index contributed by atoms with van der Waals surface area (Å²) >= 11 is 2.66. The molecule has 0 saturated heterocycles. The Hall–Kier alpha value is -2.82. The fourth-order valence-electron chi connectivity index (χ4n) is 5.57. The Kier molecular flexibility index (Phi) is 8.87. The summed E-state index contributed by atoms with van der Waals surface area (Å²) in [7, 11) is -3.75.